The summed E-state index contributed by atoms with van der Waals surface area (Å²) in [6.07, 6.45) is 0. The molecule has 0 fully saturated rings. The lowest BCUT2D eigenvalue weighted by atomic mass is 10.1. The Morgan fingerprint density at radius 3 is 2.56 bits per heavy atom. The Bertz CT molecular complexity index is 355. The third-order valence-corrected chi connectivity index (χ3v) is 2.74. The van der Waals surface area contributed by atoms with Crippen LogP contribution in [0.5, 0.6) is 11.5 Å². The Morgan fingerprint density at radius 2 is 1.94 bits per heavy atom. The van der Waals surface area contributed by atoms with Gasteiger partial charge in [0.1, 0.15) is 6.61 Å². The van der Waals surface area contributed by atoms with Crippen molar-refractivity contribution in [1.82, 2.24) is 5.32 Å². The van der Waals surface area contributed by atoms with Crippen molar-refractivity contribution in [3.8, 4) is 11.5 Å². The van der Waals surface area contributed by atoms with E-state index >= 15 is 0 Å². The van der Waals surface area contributed by atoms with Gasteiger partial charge in [0.25, 0.3) is 0 Å². The Labute approximate surface area is 109 Å². The Kier molecular flexibility index (Phi) is 6.54. The van der Waals surface area contributed by atoms with Gasteiger partial charge in [-0.1, -0.05) is 13.0 Å². The number of hydrogen-bond acceptors (Lipinski definition) is 4. The van der Waals surface area contributed by atoms with Crippen molar-refractivity contribution in [2.75, 3.05) is 34.0 Å². The molecule has 0 spiro atoms. The first kappa shape index (κ1) is 14.8. The SMILES string of the molecule is CCNC(C)c1ccc(OCCOC)c(OC)c1. The first-order valence-corrected chi connectivity index (χ1v) is 6.26. The molecule has 1 unspecified atom stereocenters. The topological polar surface area (TPSA) is 39.7 Å². The zero-order valence-electron chi connectivity index (χ0n) is 11.7. The number of methoxy groups -OCH3 is 2. The van der Waals surface area contributed by atoms with Crippen molar-refractivity contribution in [2.45, 2.75) is 19.9 Å². The first-order chi connectivity index (χ1) is 8.72. The Morgan fingerprint density at radius 1 is 1.17 bits per heavy atom. The van der Waals surface area contributed by atoms with Gasteiger partial charge < -0.3 is 19.5 Å². The van der Waals surface area contributed by atoms with Crippen molar-refractivity contribution >= 4 is 0 Å². The number of benzene rings is 1. The number of ether oxygens (including phenoxy) is 3. The maximum absolute atomic E-state index is 5.59. The molecule has 1 aromatic rings. The quantitative estimate of drug-likeness (QED) is 0.722. The van der Waals surface area contributed by atoms with Crippen molar-refractivity contribution in [3.63, 3.8) is 0 Å². The average molecular weight is 253 g/mol. The van der Waals surface area contributed by atoms with E-state index < -0.39 is 0 Å². The lowest BCUT2D eigenvalue weighted by Crippen LogP contribution is -2.17. The second kappa shape index (κ2) is 7.95. The number of nitrogens with one attached hydrogen (secondary N) is 1. The van der Waals surface area contributed by atoms with Gasteiger partial charge in [-0.3, -0.25) is 0 Å². The fourth-order valence-corrected chi connectivity index (χ4v) is 1.73. The maximum Gasteiger partial charge on any atom is 0.161 e. The zero-order valence-corrected chi connectivity index (χ0v) is 11.7. The molecule has 0 aliphatic carbocycles. The molecule has 0 aromatic heterocycles. The van der Waals surface area contributed by atoms with Gasteiger partial charge in [-0.25, -0.2) is 0 Å². The smallest absolute Gasteiger partial charge is 0.161 e. The highest BCUT2D eigenvalue weighted by molar-refractivity contribution is 5.43. The van der Waals surface area contributed by atoms with E-state index in [-0.39, 0.29) is 0 Å². The van der Waals surface area contributed by atoms with E-state index in [0.717, 1.165) is 18.0 Å². The molecule has 102 valence electrons. The summed E-state index contributed by atoms with van der Waals surface area (Å²) >= 11 is 0. The van der Waals surface area contributed by atoms with Gasteiger partial charge in [0, 0.05) is 13.2 Å². The highest BCUT2D eigenvalue weighted by Crippen LogP contribution is 2.30. The summed E-state index contributed by atoms with van der Waals surface area (Å²) in [4.78, 5) is 0. The van der Waals surface area contributed by atoms with E-state index in [9.17, 15) is 0 Å². The molecule has 0 aliphatic heterocycles. The van der Waals surface area contributed by atoms with E-state index in [0.29, 0.717) is 19.3 Å². The Balaban J connectivity index is 2.76. The van der Waals surface area contributed by atoms with Crippen LogP contribution in [0.4, 0.5) is 0 Å². The van der Waals surface area contributed by atoms with Crippen molar-refractivity contribution in [2.24, 2.45) is 0 Å². The van der Waals surface area contributed by atoms with Gasteiger partial charge in [-0.2, -0.15) is 0 Å². The Hall–Kier alpha value is -1.26. The van der Waals surface area contributed by atoms with Crippen LogP contribution in [0.25, 0.3) is 0 Å². The standard InChI is InChI=1S/C14H23NO3/c1-5-15-11(2)12-6-7-13(14(10-12)17-4)18-9-8-16-3/h6-7,10-11,15H,5,8-9H2,1-4H3. The molecule has 0 saturated carbocycles. The molecule has 1 atom stereocenters. The van der Waals surface area contributed by atoms with E-state index in [4.69, 9.17) is 14.2 Å². The van der Waals surface area contributed by atoms with E-state index in [1.54, 1.807) is 14.2 Å². The van der Waals surface area contributed by atoms with E-state index in [1.807, 2.05) is 12.1 Å². The minimum absolute atomic E-state index is 0.303. The molecule has 0 radical (unpaired) electrons. The van der Waals surface area contributed by atoms with Crippen LogP contribution < -0.4 is 14.8 Å². The maximum atomic E-state index is 5.59. The first-order valence-electron chi connectivity index (χ1n) is 6.26. The normalized spacial score (nSPS) is 12.2. The fourth-order valence-electron chi connectivity index (χ4n) is 1.73. The van der Waals surface area contributed by atoms with Gasteiger partial charge in [0.15, 0.2) is 11.5 Å². The minimum atomic E-state index is 0.303. The summed E-state index contributed by atoms with van der Waals surface area (Å²) in [5.74, 6) is 1.51. The zero-order chi connectivity index (χ0) is 13.4. The van der Waals surface area contributed by atoms with Gasteiger partial charge >= 0.3 is 0 Å². The second-order valence-electron chi connectivity index (χ2n) is 4.03. The fraction of sp³-hybridized carbons (Fsp3) is 0.571. The van der Waals surface area contributed by atoms with Crippen molar-refractivity contribution < 1.29 is 14.2 Å². The largest absolute Gasteiger partial charge is 0.493 e. The average Bonchev–Trinajstić information content (AvgIpc) is 2.39. The van der Waals surface area contributed by atoms with Gasteiger partial charge in [-0.15, -0.1) is 0 Å². The van der Waals surface area contributed by atoms with Gasteiger partial charge in [0.05, 0.1) is 13.7 Å². The molecule has 4 nitrogen and oxygen atoms in total. The molecule has 0 aliphatic rings. The van der Waals surface area contributed by atoms with Gasteiger partial charge in [0.2, 0.25) is 0 Å². The molecule has 0 amide bonds. The van der Waals surface area contributed by atoms with Crippen LogP contribution in [-0.2, 0) is 4.74 Å². The van der Waals surface area contributed by atoms with Crippen LogP contribution in [0, 0.1) is 0 Å². The summed E-state index contributed by atoms with van der Waals surface area (Å²) in [5.41, 5.74) is 1.19. The molecule has 0 bridgehead atoms. The monoisotopic (exact) mass is 253 g/mol. The third kappa shape index (κ3) is 4.20. The second-order valence-corrected chi connectivity index (χ2v) is 4.03. The molecular formula is C14H23NO3. The highest BCUT2D eigenvalue weighted by Gasteiger charge is 2.09. The summed E-state index contributed by atoms with van der Waals surface area (Å²) in [6.45, 7) is 6.25. The van der Waals surface area contributed by atoms with Crippen molar-refractivity contribution in [1.29, 1.82) is 0 Å². The molecular weight excluding hydrogens is 230 g/mol. The third-order valence-electron chi connectivity index (χ3n) is 2.74. The highest BCUT2D eigenvalue weighted by atomic mass is 16.5. The summed E-state index contributed by atoms with van der Waals surface area (Å²) < 4.78 is 15.9. The lowest BCUT2D eigenvalue weighted by molar-refractivity contribution is 0.144. The lowest BCUT2D eigenvalue weighted by Gasteiger charge is -2.16. The molecule has 1 rings (SSSR count). The van der Waals surface area contributed by atoms with E-state index in [1.165, 1.54) is 5.56 Å². The molecule has 1 N–H and O–H groups in total. The molecule has 0 heterocycles. The summed E-state index contributed by atoms with van der Waals surface area (Å²) in [6, 6.07) is 6.31. The van der Waals surface area contributed by atoms with Crippen LogP contribution in [0.15, 0.2) is 18.2 Å². The van der Waals surface area contributed by atoms with Crippen LogP contribution >= 0.6 is 0 Å². The predicted molar refractivity (Wildman–Crippen MR) is 72.5 cm³/mol. The molecule has 18 heavy (non-hydrogen) atoms. The van der Waals surface area contributed by atoms with Crippen LogP contribution in [-0.4, -0.2) is 34.0 Å². The number of rotatable bonds is 8. The van der Waals surface area contributed by atoms with Crippen LogP contribution in [0.1, 0.15) is 25.5 Å². The van der Waals surface area contributed by atoms with E-state index in [2.05, 4.69) is 25.2 Å². The number of hydrogen-bond donors (Lipinski definition) is 1. The predicted octanol–water partition coefficient (Wildman–Crippen LogP) is 2.39. The van der Waals surface area contributed by atoms with Crippen molar-refractivity contribution in [3.05, 3.63) is 23.8 Å². The van der Waals surface area contributed by atoms with Gasteiger partial charge in [-0.05, 0) is 31.2 Å². The summed E-state index contributed by atoms with van der Waals surface area (Å²) in [5, 5.41) is 3.37. The minimum Gasteiger partial charge on any atom is -0.493 e. The van der Waals surface area contributed by atoms with Crippen LogP contribution in [0.2, 0.25) is 0 Å². The van der Waals surface area contributed by atoms with Crippen LogP contribution in [0.3, 0.4) is 0 Å². The molecule has 1 aromatic carbocycles. The molecule has 4 heteroatoms. The summed E-state index contributed by atoms with van der Waals surface area (Å²) in [7, 11) is 3.31. The molecule has 0 saturated heterocycles.